The Kier molecular flexibility index (Phi) is 4.01. The van der Waals surface area contributed by atoms with Gasteiger partial charge >= 0.3 is 5.97 Å². The van der Waals surface area contributed by atoms with Crippen LogP contribution in [-0.2, 0) is 14.9 Å². The van der Waals surface area contributed by atoms with Crippen LogP contribution in [0.5, 0.6) is 0 Å². The molecule has 0 aliphatic rings. The van der Waals surface area contributed by atoms with E-state index in [2.05, 4.69) is 19.7 Å². The highest BCUT2D eigenvalue weighted by Gasteiger charge is 2.38. The van der Waals surface area contributed by atoms with Crippen LogP contribution in [0.1, 0.15) is 12.7 Å². The van der Waals surface area contributed by atoms with Crippen molar-refractivity contribution in [3.63, 3.8) is 0 Å². The lowest BCUT2D eigenvalue weighted by Crippen LogP contribution is -2.42. The van der Waals surface area contributed by atoms with E-state index in [4.69, 9.17) is 28.9 Å². The van der Waals surface area contributed by atoms with E-state index in [9.17, 15) is 4.79 Å². The van der Waals surface area contributed by atoms with E-state index in [1.807, 2.05) is 0 Å². The number of methoxy groups -OCH3 is 1. The van der Waals surface area contributed by atoms with E-state index < -0.39 is 11.4 Å². The first-order valence-corrected chi connectivity index (χ1v) is 5.05. The zero-order chi connectivity index (χ0) is 12.3. The highest BCUT2D eigenvalue weighted by Crippen LogP contribution is 2.22. The van der Waals surface area contributed by atoms with Crippen LogP contribution < -0.4 is 5.73 Å². The maximum atomic E-state index is 11.6. The second-order valence-corrected chi connectivity index (χ2v) is 3.90. The number of rotatable bonds is 3. The Morgan fingerprint density at radius 2 is 1.88 bits per heavy atom. The van der Waals surface area contributed by atoms with E-state index >= 15 is 0 Å². The number of ether oxygens (including phenoxy) is 1. The fourth-order valence-electron chi connectivity index (χ4n) is 1.06. The Bertz CT molecular complexity index is 395. The standard InChI is InChI=1S/C8H10Cl2N4O2/c1-8(3-11,5(15)16-2)4-12-6(9)14-7(10)13-4/h3,11H2,1-2H3. The van der Waals surface area contributed by atoms with Gasteiger partial charge in [-0.15, -0.1) is 0 Å². The van der Waals surface area contributed by atoms with Gasteiger partial charge in [0.25, 0.3) is 0 Å². The molecule has 0 spiro atoms. The third-order valence-corrected chi connectivity index (χ3v) is 2.46. The Balaban J connectivity index is 3.27. The summed E-state index contributed by atoms with van der Waals surface area (Å²) in [7, 11) is 1.25. The molecule has 16 heavy (non-hydrogen) atoms. The van der Waals surface area contributed by atoms with Crippen molar-refractivity contribution < 1.29 is 9.53 Å². The molecular weight excluding hydrogens is 255 g/mol. The van der Waals surface area contributed by atoms with Gasteiger partial charge in [0.15, 0.2) is 5.82 Å². The number of carbonyl (C=O) groups is 1. The van der Waals surface area contributed by atoms with Crippen LogP contribution in [0.3, 0.4) is 0 Å². The van der Waals surface area contributed by atoms with Crippen LogP contribution in [0.15, 0.2) is 0 Å². The van der Waals surface area contributed by atoms with Gasteiger partial charge in [-0.05, 0) is 30.1 Å². The lowest BCUT2D eigenvalue weighted by molar-refractivity contribution is -0.146. The largest absolute Gasteiger partial charge is 0.468 e. The van der Waals surface area contributed by atoms with Crippen molar-refractivity contribution in [2.75, 3.05) is 13.7 Å². The molecule has 0 saturated carbocycles. The average Bonchev–Trinajstić information content (AvgIpc) is 2.25. The molecule has 0 bridgehead atoms. The number of esters is 1. The van der Waals surface area contributed by atoms with Crippen molar-refractivity contribution in [2.24, 2.45) is 5.73 Å². The third-order valence-electron chi connectivity index (χ3n) is 2.12. The van der Waals surface area contributed by atoms with Gasteiger partial charge < -0.3 is 10.5 Å². The molecule has 1 rings (SSSR count). The minimum absolute atomic E-state index is 0.0314. The third kappa shape index (κ3) is 2.40. The first-order chi connectivity index (χ1) is 7.43. The van der Waals surface area contributed by atoms with Crippen molar-refractivity contribution in [3.8, 4) is 0 Å². The van der Waals surface area contributed by atoms with Crippen LogP contribution in [0.25, 0.3) is 0 Å². The normalized spacial score (nSPS) is 14.3. The van der Waals surface area contributed by atoms with E-state index in [0.717, 1.165) is 0 Å². The second kappa shape index (κ2) is 4.90. The summed E-state index contributed by atoms with van der Waals surface area (Å²) in [5.74, 6) is -0.472. The molecule has 0 fully saturated rings. The van der Waals surface area contributed by atoms with Gasteiger partial charge in [0, 0.05) is 6.54 Å². The molecule has 1 aromatic heterocycles. The Morgan fingerprint density at radius 3 is 2.25 bits per heavy atom. The number of nitrogens with two attached hydrogens (primary N) is 1. The van der Waals surface area contributed by atoms with Gasteiger partial charge in [-0.25, -0.2) is 9.97 Å². The van der Waals surface area contributed by atoms with E-state index in [1.165, 1.54) is 7.11 Å². The lowest BCUT2D eigenvalue weighted by Gasteiger charge is -2.22. The smallest absolute Gasteiger partial charge is 0.320 e. The maximum absolute atomic E-state index is 11.6. The summed E-state index contributed by atoms with van der Waals surface area (Å²) in [5, 5.41) is -0.197. The number of halogens is 2. The Labute approximate surface area is 102 Å². The monoisotopic (exact) mass is 264 g/mol. The summed E-state index contributed by atoms with van der Waals surface area (Å²) in [6.45, 7) is 1.51. The van der Waals surface area contributed by atoms with E-state index in [1.54, 1.807) is 6.92 Å². The van der Waals surface area contributed by atoms with Gasteiger partial charge in [-0.3, -0.25) is 4.79 Å². The predicted octanol–water partition coefficient (Wildman–Crippen LogP) is 0.568. The highest BCUT2D eigenvalue weighted by atomic mass is 35.5. The molecule has 88 valence electrons. The molecule has 1 heterocycles. The number of aromatic nitrogens is 3. The fourth-order valence-corrected chi connectivity index (χ4v) is 1.43. The summed E-state index contributed by atoms with van der Waals surface area (Å²) in [5.41, 5.74) is 4.34. The molecule has 8 heteroatoms. The SMILES string of the molecule is COC(=O)C(C)(CN)c1nc(Cl)nc(Cl)n1. The zero-order valence-corrected chi connectivity index (χ0v) is 10.2. The highest BCUT2D eigenvalue weighted by molar-refractivity contribution is 6.31. The summed E-state index contributed by atoms with van der Waals surface area (Å²) in [6.07, 6.45) is 0. The van der Waals surface area contributed by atoms with Crippen molar-refractivity contribution in [2.45, 2.75) is 12.3 Å². The van der Waals surface area contributed by atoms with Gasteiger partial charge in [-0.1, -0.05) is 0 Å². The van der Waals surface area contributed by atoms with Crippen molar-refractivity contribution in [3.05, 3.63) is 16.4 Å². The quantitative estimate of drug-likeness (QED) is 0.803. The first kappa shape index (κ1) is 13.1. The molecule has 0 aromatic carbocycles. The summed E-state index contributed by atoms with van der Waals surface area (Å²) in [6, 6.07) is 0. The van der Waals surface area contributed by atoms with Crippen LogP contribution >= 0.6 is 23.2 Å². The summed E-state index contributed by atoms with van der Waals surface area (Å²) in [4.78, 5) is 22.8. The minimum Gasteiger partial charge on any atom is -0.468 e. The first-order valence-electron chi connectivity index (χ1n) is 4.30. The average molecular weight is 265 g/mol. The number of hydrogen-bond acceptors (Lipinski definition) is 6. The lowest BCUT2D eigenvalue weighted by atomic mass is 9.90. The van der Waals surface area contributed by atoms with Gasteiger partial charge in [0.1, 0.15) is 5.41 Å². The minimum atomic E-state index is -1.19. The van der Waals surface area contributed by atoms with Gasteiger partial charge in [-0.2, -0.15) is 4.98 Å². The predicted molar refractivity (Wildman–Crippen MR) is 58.3 cm³/mol. The molecule has 0 aliphatic carbocycles. The molecule has 0 saturated heterocycles. The molecule has 0 radical (unpaired) electrons. The molecule has 0 amide bonds. The molecule has 1 atom stereocenters. The van der Waals surface area contributed by atoms with Crippen LogP contribution in [-0.4, -0.2) is 34.6 Å². The van der Waals surface area contributed by atoms with Crippen LogP contribution in [0, 0.1) is 0 Å². The molecule has 1 aromatic rings. The van der Waals surface area contributed by atoms with Crippen molar-refractivity contribution in [1.82, 2.24) is 15.0 Å². The fraction of sp³-hybridized carbons (Fsp3) is 0.500. The number of hydrogen-bond donors (Lipinski definition) is 1. The van der Waals surface area contributed by atoms with Crippen LogP contribution in [0.2, 0.25) is 10.6 Å². The Hall–Kier alpha value is -0.980. The molecular formula is C8H10Cl2N4O2. The van der Waals surface area contributed by atoms with Gasteiger partial charge in [0.05, 0.1) is 7.11 Å². The molecule has 0 aliphatic heterocycles. The maximum Gasteiger partial charge on any atom is 0.320 e. The second-order valence-electron chi connectivity index (χ2n) is 3.22. The van der Waals surface area contributed by atoms with E-state index in [0.29, 0.717) is 0 Å². The Morgan fingerprint density at radius 1 is 1.38 bits per heavy atom. The zero-order valence-electron chi connectivity index (χ0n) is 8.70. The van der Waals surface area contributed by atoms with Crippen molar-refractivity contribution >= 4 is 29.2 Å². The summed E-state index contributed by atoms with van der Waals surface area (Å²) >= 11 is 11.2. The molecule has 1 unspecified atom stereocenters. The van der Waals surface area contributed by atoms with Gasteiger partial charge in [0.2, 0.25) is 10.6 Å². The number of carbonyl (C=O) groups excluding carboxylic acids is 1. The summed E-state index contributed by atoms with van der Waals surface area (Å²) < 4.78 is 4.63. The molecule has 2 N–H and O–H groups in total. The number of nitrogens with zero attached hydrogens (tertiary/aromatic N) is 3. The van der Waals surface area contributed by atoms with E-state index in [-0.39, 0.29) is 22.9 Å². The topological polar surface area (TPSA) is 91.0 Å². The molecule has 6 nitrogen and oxygen atoms in total. The van der Waals surface area contributed by atoms with Crippen LogP contribution in [0.4, 0.5) is 0 Å². The van der Waals surface area contributed by atoms with Crippen molar-refractivity contribution in [1.29, 1.82) is 0 Å².